The Balaban J connectivity index is 2.08. The van der Waals surface area contributed by atoms with Gasteiger partial charge in [-0.05, 0) is 32.7 Å². The van der Waals surface area contributed by atoms with Crippen LogP contribution in [-0.2, 0) is 11.3 Å². The smallest absolute Gasteiger partial charge is 0.0948 e. The first kappa shape index (κ1) is 15.5. The van der Waals surface area contributed by atoms with E-state index in [1.54, 1.807) is 0 Å². The Morgan fingerprint density at radius 3 is 3.05 bits per heavy atom. The molecule has 0 radical (unpaired) electrons. The van der Waals surface area contributed by atoms with Crippen LogP contribution in [0.1, 0.15) is 44.8 Å². The molecule has 0 spiro atoms. The first-order valence-corrected chi connectivity index (χ1v) is 7.85. The van der Waals surface area contributed by atoms with Gasteiger partial charge in [0.1, 0.15) is 0 Å². The molecule has 2 rings (SSSR count). The first-order valence-electron chi connectivity index (χ1n) is 7.85. The summed E-state index contributed by atoms with van der Waals surface area (Å²) < 4.78 is 8.04. The Bertz CT molecular complexity index is 391. The average Bonchev–Trinajstić information content (AvgIpc) is 2.89. The molecule has 1 aromatic heterocycles. The van der Waals surface area contributed by atoms with Crippen molar-refractivity contribution in [2.45, 2.75) is 51.8 Å². The van der Waals surface area contributed by atoms with Gasteiger partial charge in [0.15, 0.2) is 0 Å². The van der Waals surface area contributed by atoms with Crippen molar-refractivity contribution in [1.82, 2.24) is 14.5 Å². The molecule has 1 saturated heterocycles. The summed E-state index contributed by atoms with van der Waals surface area (Å²) in [7, 11) is 0. The minimum atomic E-state index is 0.257. The summed E-state index contributed by atoms with van der Waals surface area (Å²) in [6, 6.07) is 0.257. The van der Waals surface area contributed by atoms with E-state index in [-0.39, 0.29) is 6.04 Å². The zero-order chi connectivity index (χ0) is 14.4. The van der Waals surface area contributed by atoms with E-state index in [2.05, 4.69) is 28.3 Å². The van der Waals surface area contributed by atoms with Gasteiger partial charge in [-0.2, -0.15) is 0 Å². The quantitative estimate of drug-likeness (QED) is 0.827. The molecule has 2 N–H and O–H groups in total. The fraction of sp³-hybridized carbons (Fsp3) is 0.800. The van der Waals surface area contributed by atoms with E-state index in [4.69, 9.17) is 10.5 Å². The van der Waals surface area contributed by atoms with Crippen LogP contribution in [0.4, 0.5) is 0 Å². The molecule has 1 fully saturated rings. The Hall–Kier alpha value is -0.910. The number of nitrogens with zero attached hydrogens (tertiary/aromatic N) is 3. The third-order valence-corrected chi connectivity index (χ3v) is 4.03. The number of hydrogen-bond donors (Lipinski definition) is 1. The molecule has 0 aliphatic carbocycles. The molecular formula is C15H28N4O. The Morgan fingerprint density at radius 1 is 1.50 bits per heavy atom. The van der Waals surface area contributed by atoms with Crippen LogP contribution in [0.2, 0.25) is 0 Å². The van der Waals surface area contributed by atoms with Crippen LogP contribution in [0, 0.1) is 0 Å². The zero-order valence-electron chi connectivity index (χ0n) is 12.8. The number of aryl methyl sites for hydroxylation is 1. The largest absolute Gasteiger partial charge is 0.377 e. The van der Waals surface area contributed by atoms with E-state index in [1.807, 2.05) is 12.5 Å². The molecule has 20 heavy (non-hydrogen) atoms. The van der Waals surface area contributed by atoms with E-state index < -0.39 is 0 Å². The molecule has 2 heterocycles. The molecule has 0 saturated carbocycles. The van der Waals surface area contributed by atoms with Crippen LogP contribution in [0.15, 0.2) is 12.5 Å². The molecule has 114 valence electrons. The molecule has 2 unspecified atom stereocenters. The minimum Gasteiger partial charge on any atom is -0.377 e. The number of ether oxygens (including phenoxy) is 1. The van der Waals surface area contributed by atoms with Crippen LogP contribution in [0.3, 0.4) is 0 Å². The van der Waals surface area contributed by atoms with Gasteiger partial charge >= 0.3 is 0 Å². The fourth-order valence-corrected chi connectivity index (χ4v) is 3.11. The maximum absolute atomic E-state index is 6.06. The summed E-state index contributed by atoms with van der Waals surface area (Å²) in [4.78, 5) is 6.77. The maximum Gasteiger partial charge on any atom is 0.0948 e. The highest BCUT2D eigenvalue weighted by atomic mass is 16.5. The number of imidazole rings is 1. The van der Waals surface area contributed by atoms with Crippen LogP contribution in [0.25, 0.3) is 0 Å². The van der Waals surface area contributed by atoms with E-state index in [9.17, 15) is 0 Å². The Labute approximate surface area is 122 Å². The summed E-state index contributed by atoms with van der Waals surface area (Å²) in [5.74, 6) is 0. The summed E-state index contributed by atoms with van der Waals surface area (Å²) >= 11 is 0. The van der Waals surface area contributed by atoms with Gasteiger partial charge in [0.25, 0.3) is 0 Å². The third kappa shape index (κ3) is 3.59. The van der Waals surface area contributed by atoms with Gasteiger partial charge in [0, 0.05) is 32.4 Å². The van der Waals surface area contributed by atoms with Gasteiger partial charge in [-0.25, -0.2) is 4.98 Å². The second kappa shape index (κ2) is 7.76. The van der Waals surface area contributed by atoms with Crippen molar-refractivity contribution in [2.75, 3.05) is 26.2 Å². The Kier molecular flexibility index (Phi) is 6.01. The average molecular weight is 280 g/mol. The second-order valence-corrected chi connectivity index (χ2v) is 5.48. The van der Waals surface area contributed by atoms with Gasteiger partial charge in [0.2, 0.25) is 0 Å². The molecule has 1 aromatic rings. The number of likely N-dealkylation sites (tertiary alicyclic amines) is 1. The van der Waals surface area contributed by atoms with Crippen molar-refractivity contribution >= 4 is 0 Å². The lowest BCUT2D eigenvalue weighted by Gasteiger charge is -2.37. The van der Waals surface area contributed by atoms with Gasteiger partial charge in [0.05, 0.1) is 24.2 Å². The van der Waals surface area contributed by atoms with E-state index >= 15 is 0 Å². The Morgan fingerprint density at radius 2 is 2.35 bits per heavy atom. The molecular weight excluding hydrogens is 252 g/mol. The number of hydrogen-bond acceptors (Lipinski definition) is 4. The van der Waals surface area contributed by atoms with Crippen molar-refractivity contribution in [1.29, 1.82) is 0 Å². The normalized spacial score (nSPS) is 22.1. The summed E-state index contributed by atoms with van der Waals surface area (Å²) in [5, 5.41) is 0. The van der Waals surface area contributed by atoms with Crippen LogP contribution in [-0.4, -0.2) is 46.8 Å². The summed E-state index contributed by atoms with van der Waals surface area (Å²) in [6.45, 7) is 8.76. The maximum atomic E-state index is 6.06. The highest BCUT2D eigenvalue weighted by Crippen LogP contribution is 2.25. The molecule has 5 nitrogen and oxygen atoms in total. The van der Waals surface area contributed by atoms with Crippen LogP contribution < -0.4 is 5.73 Å². The van der Waals surface area contributed by atoms with Gasteiger partial charge in [-0.1, -0.05) is 6.92 Å². The predicted molar refractivity (Wildman–Crippen MR) is 80.5 cm³/mol. The standard InChI is InChI=1S/C15H28N4O/c1-3-7-19-12-17-10-15(19)14(9-16)18-8-5-6-13(11-18)20-4-2/h10,12-14H,3-9,11,16H2,1-2H3. The topological polar surface area (TPSA) is 56.3 Å². The molecule has 0 aromatic carbocycles. The third-order valence-electron chi connectivity index (χ3n) is 4.03. The number of aromatic nitrogens is 2. The van der Waals surface area contributed by atoms with Crippen molar-refractivity contribution < 1.29 is 4.74 Å². The number of nitrogens with two attached hydrogens (primary N) is 1. The molecule has 0 amide bonds. The highest BCUT2D eigenvalue weighted by Gasteiger charge is 2.28. The molecule has 1 aliphatic heterocycles. The van der Waals surface area contributed by atoms with Gasteiger partial charge < -0.3 is 15.0 Å². The lowest BCUT2D eigenvalue weighted by molar-refractivity contribution is -0.00756. The van der Waals surface area contributed by atoms with E-state index in [0.717, 1.165) is 39.1 Å². The van der Waals surface area contributed by atoms with E-state index in [0.29, 0.717) is 12.6 Å². The molecule has 5 heteroatoms. The number of piperidine rings is 1. The molecule has 1 aliphatic rings. The first-order chi connectivity index (χ1) is 9.80. The highest BCUT2D eigenvalue weighted by molar-refractivity contribution is 5.07. The SMILES string of the molecule is CCCn1cncc1C(CN)N1CCCC(OCC)C1. The summed E-state index contributed by atoms with van der Waals surface area (Å²) in [5.41, 5.74) is 7.30. The van der Waals surface area contributed by atoms with E-state index in [1.165, 1.54) is 12.1 Å². The van der Waals surface area contributed by atoms with Gasteiger partial charge in [-0.3, -0.25) is 4.90 Å². The second-order valence-electron chi connectivity index (χ2n) is 5.48. The lowest BCUT2D eigenvalue weighted by atomic mass is 10.0. The van der Waals surface area contributed by atoms with Crippen LogP contribution >= 0.6 is 0 Å². The van der Waals surface area contributed by atoms with Crippen molar-refractivity contribution in [3.8, 4) is 0 Å². The lowest BCUT2D eigenvalue weighted by Crippen LogP contribution is -2.44. The molecule has 2 atom stereocenters. The minimum absolute atomic E-state index is 0.257. The molecule has 0 bridgehead atoms. The zero-order valence-corrected chi connectivity index (χ0v) is 12.8. The van der Waals surface area contributed by atoms with Gasteiger partial charge in [-0.15, -0.1) is 0 Å². The van der Waals surface area contributed by atoms with Crippen molar-refractivity contribution in [3.63, 3.8) is 0 Å². The van der Waals surface area contributed by atoms with Crippen molar-refractivity contribution in [2.24, 2.45) is 5.73 Å². The summed E-state index contributed by atoms with van der Waals surface area (Å²) in [6.07, 6.45) is 7.70. The fourth-order valence-electron chi connectivity index (χ4n) is 3.11. The monoisotopic (exact) mass is 280 g/mol. The van der Waals surface area contributed by atoms with Crippen molar-refractivity contribution in [3.05, 3.63) is 18.2 Å². The van der Waals surface area contributed by atoms with Crippen LogP contribution in [0.5, 0.6) is 0 Å². The predicted octanol–water partition coefficient (Wildman–Crippen LogP) is 1.79. The number of rotatable bonds is 7.